The van der Waals surface area contributed by atoms with Crippen LogP contribution in [0.4, 0.5) is 17.1 Å². The fourth-order valence-corrected chi connectivity index (χ4v) is 6.79. The number of benzene rings is 2. The first-order valence-electron chi connectivity index (χ1n) is 13.6. The largest absolute Gasteiger partial charge is 0.395 e. The number of imidazole rings is 1. The van der Waals surface area contributed by atoms with Gasteiger partial charge in [0.05, 0.1) is 53.2 Å². The number of para-hydroxylation sites is 1. The molecule has 1 spiro atoms. The highest BCUT2D eigenvalue weighted by Gasteiger charge is 2.44. The normalized spacial score (nSPS) is 22.1. The van der Waals surface area contributed by atoms with Gasteiger partial charge in [0.2, 0.25) is 10.0 Å². The summed E-state index contributed by atoms with van der Waals surface area (Å²) in [7, 11) is -3.70. The van der Waals surface area contributed by atoms with E-state index in [1.54, 1.807) is 18.2 Å². The predicted octanol–water partition coefficient (Wildman–Crippen LogP) is 3.88. The van der Waals surface area contributed by atoms with Gasteiger partial charge >= 0.3 is 0 Å². The van der Waals surface area contributed by atoms with Gasteiger partial charge in [-0.3, -0.25) is 9.52 Å². The van der Waals surface area contributed by atoms with Gasteiger partial charge in [-0.05, 0) is 75.3 Å². The number of amides is 1. The van der Waals surface area contributed by atoms with Gasteiger partial charge in [-0.2, -0.15) is 0 Å². The number of carbonyl (C=O) groups is 1. The molecule has 1 aliphatic carbocycles. The van der Waals surface area contributed by atoms with Crippen LogP contribution in [0.1, 0.15) is 61.8 Å². The zero-order valence-corrected chi connectivity index (χ0v) is 23.1. The molecule has 0 bridgehead atoms. The first kappa shape index (κ1) is 26.1. The van der Waals surface area contributed by atoms with Gasteiger partial charge in [-0.25, -0.2) is 13.4 Å². The molecular weight excluding hydrogens is 518 g/mol. The minimum absolute atomic E-state index is 0.0679. The molecule has 2 fully saturated rings. The number of nitrogens with one attached hydrogen (secondary N) is 2. The average molecular weight is 554 g/mol. The topological polar surface area (TPSA) is 126 Å². The van der Waals surface area contributed by atoms with E-state index in [9.17, 15) is 13.2 Å². The van der Waals surface area contributed by atoms with Gasteiger partial charge in [0.25, 0.3) is 5.91 Å². The van der Waals surface area contributed by atoms with Crippen molar-refractivity contribution in [3.63, 3.8) is 0 Å². The maximum absolute atomic E-state index is 13.8. The summed E-state index contributed by atoms with van der Waals surface area (Å²) in [4.78, 5) is 20.8. The summed E-state index contributed by atoms with van der Waals surface area (Å²) in [6.07, 6.45) is 4.57. The molecule has 1 aromatic heterocycles. The maximum Gasteiger partial charge on any atom is 0.257 e. The van der Waals surface area contributed by atoms with E-state index >= 15 is 0 Å². The molecule has 11 heteroatoms. The molecule has 1 amide bonds. The lowest BCUT2D eigenvalue weighted by atomic mass is 9.93. The van der Waals surface area contributed by atoms with Crippen molar-refractivity contribution in [3.05, 3.63) is 47.8 Å². The van der Waals surface area contributed by atoms with Gasteiger partial charge < -0.3 is 24.6 Å². The number of nitrogens with zero attached hydrogens (tertiary/aromatic N) is 3. The standard InChI is InChI=1S/C28H35N5O5S/c1-18-17-33-23-5-3-4-22(25(23)30-26(33)19(2)38-18)29-27(35)21-7-6-20(31-39(36,37)15-14-34)16-24(21)32-12-10-28(8-9-28)11-13-32/h3-7,16,18-19,31,34H,8-15,17H2,1-2H3,(H,29,35). The molecule has 3 N–H and O–H groups in total. The van der Waals surface area contributed by atoms with E-state index in [2.05, 4.69) is 19.5 Å². The summed E-state index contributed by atoms with van der Waals surface area (Å²) in [5.41, 5.74) is 4.27. The third kappa shape index (κ3) is 5.10. The Morgan fingerprint density at radius 3 is 2.64 bits per heavy atom. The second kappa shape index (κ2) is 9.79. The zero-order valence-electron chi connectivity index (χ0n) is 22.3. The minimum Gasteiger partial charge on any atom is -0.395 e. The van der Waals surface area contributed by atoms with Crippen LogP contribution in [0, 0.1) is 5.41 Å². The molecule has 39 heavy (non-hydrogen) atoms. The molecule has 3 heterocycles. The number of fused-ring (bicyclic) bond motifs is 3. The Kier molecular flexibility index (Phi) is 6.55. The van der Waals surface area contributed by atoms with Crippen LogP contribution in [-0.2, 0) is 21.3 Å². The molecule has 0 radical (unpaired) electrons. The van der Waals surface area contributed by atoms with Crippen LogP contribution in [-0.4, -0.2) is 60.5 Å². The Labute approximate surface area is 228 Å². The van der Waals surface area contributed by atoms with Crippen molar-refractivity contribution >= 4 is 44.0 Å². The molecular formula is C28H35N5O5S. The Morgan fingerprint density at radius 2 is 1.92 bits per heavy atom. The lowest BCUT2D eigenvalue weighted by molar-refractivity contribution is -0.0285. The Bertz CT molecular complexity index is 1520. The van der Waals surface area contributed by atoms with Crippen molar-refractivity contribution in [2.75, 3.05) is 40.4 Å². The third-order valence-electron chi connectivity index (χ3n) is 8.29. The number of sulfonamides is 1. The molecule has 2 unspecified atom stereocenters. The van der Waals surface area contributed by atoms with Crippen molar-refractivity contribution in [3.8, 4) is 0 Å². The number of carbonyl (C=O) groups excluding carboxylic acids is 1. The summed E-state index contributed by atoms with van der Waals surface area (Å²) in [6.45, 7) is 5.88. The Hall–Kier alpha value is -3.15. The molecule has 208 valence electrons. The van der Waals surface area contributed by atoms with Crippen LogP contribution < -0.4 is 14.9 Å². The number of rotatable bonds is 7. The summed E-state index contributed by atoms with van der Waals surface area (Å²) in [5.74, 6) is 0.169. The highest BCUT2D eigenvalue weighted by atomic mass is 32.2. The number of hydrogen-bond donors (Lipinski definition) is 3. The van der Waals surface area contributed by atoms with Crippen molar-refractivity contribution in [2.45, 2.75) is 58.3 Å². The first-order valence-corrected chi connectivity index (χ1v) is 15.3. The monoisotopic (exact) mass is 553 g/mol. The fourth-order valence-electron chi connectivity index (χ4n) is 5.97. The van der Waals surface area contributed by atoms with Gasteiger partial charge in [0.1, 0.15) is 17.4 Å². The van der Waals surface area contributed by atoms with Crippen LogP contribution in [0.15, 0.2) is 36.4 Å². The molecule has 2 aromatic carbocycles. The van der Waals surface area contributed by atoms with Crippen molar-refractivity contribution in [1.29, 1.82) is 0 Å². The Balaban J connectivity index is 1.32. The zero-order chi connectivity index (χ0) is 27.4. The van der Waals surface area contributed by atoms with Crippen LogP contribution in [0.5, 0.6) is 0 Å². The number of ether oxygens (including phenoxy) is 1. The molecule has 6 rings (SSSR count). The van der Waals surface area contributed by atoms with E-state index in [-0.39, 0.29) is 18.1 Å². The molecule has 1 saturated carbocycles. The van der Waals surface area contributed by atoms with Crippen LogP contribution in [0.25, 0.3) is 11.0 Å². The number of anilines is 3. The molecule has 3 aliphatic rings. The second-order valence-corrected chi connectivity index (χ2v) is 13.0. The summed E-state index contributed by atoms with van der Waals surface area (Å²) < 4.78 is 35.3. The van der Waals surface area contributed by atoms with E-state index in [4.69, 9.17) is 14.8 Å². The predicted molar refractivity (Wildman–Crippen MR) is 151 cm³/mol. The highest BCUT2D eigenvalue weighted by Crippen LogP contribution is 2.54. The summed E-state index contributed by atoms with van der Waals surface area (Å²) >= 11 is 0. The SMILES string of the molecule is CC1Cn2c(nc3c(NC(=O)c4ccc(NS(=O)(=O)CCO)cc4N4CCC5(CC4)CC5)cccc32)C(C)O1. The maximum atomic E-state index is 13.8. The smallest absolute Gasteiger partial charge is 0.257 e. The summed E-state index contributed by atoms with van der Waals surface area (Å²) in [6, 6.07) is 10.8. The van der Waals surface area contributed by atoms with Gasteiger partial charge in [0, 0.05) is 13.1 Å². The van der Waals surface area contributed by atoms with E-state index in [0.29, 0.717) is 40.1 Å². The van der Waals surface area contributed by atoms with E-state index in [0.717, 1.165) is 37.3 Å². The number of aromatic nitrogens is 2. The molecule has 10 nitrogen and oxygen atoms in total. The molecule has 1 saturated heterocycles. The van der Waals surface area contributed by atoms with Crippen LogP contribution in [0.2, 0.25) is 0 Å². The van der Waals surface area contributed by atoms with Crippen molar-refractivity contribution in [1.82, 2.24) is 9.55 Å². The average Bonchev–Trinajstić information content (AvgIpc) is 3.53. The summed E-state index contributed by atoms with van der Waals surface area (Å²) in [5, 5.41) is 12.2. The highest BCUT2D eigenvalue weighted by molar-refractivity contribution is 7.92. The van der Waals surface area contributed by atoms with Gasteiger partial charge in [-0.15, -0.1) is 0 Å². The molecule has 2 aliphatic heterocycles. The second-order valence-electron chi connectivity index (χ2n) is 11.2. The minimum atomic E-state index is -3.70. The van der Waals surface area contributed by atoms with Crippen molar-refractivity contribution in [2.24, 2.45) is 5.41 Å². The Morgan fingerprint density at radius 1 is 1.15 bits per heavy atom. The van der Waals surface area contributed by atoms with E-state index < -0.39 is 22.4 Å². The lowest BCUT2D eigenvalue weighted by Gasteiger charge is -2.35. The molecule has 3 aromatic rings. The van der Waals surface area contributed by atoms with Crippen molar-refractivity contribution < 1.29 is 23.1 Å². The fraction of sp³-hybridized carbons (Fsp3) is 0.500. The van der Waals surface area contributed by atoms with Gasteiger partial charge in [-0.1, -0.05) is 6.07 Å². The third-order valence-corrected chi connectivity index (χ3v) is 9.56. The van der Waals surface area contributed by atoms with E-state index in [1.165, 1.54) is 12.8 Å². The number of aliphatic hydroxyl groups excluding tert-OH is 1. The number of aliphatic hydroxyl groups is 1. The first-order chi connectivity index (χ1) is 18.7. The van der Waals surface area contributed by atoms with Crippen LogP contribution in [0.3, 0.4) is 0 Å². The van der Waals surface area contributed by atoms with Gasteiger partial charge in [0.15, 0.2) is 0 Å². The van der Waals surface area contributed by atoms with E-state index in [1.807, 2.05) is 32.0 Å². The quantitative estimate of drug-likeness (QED) is 0.405. The lowest BCUT2D eigenvalue weighted by Crippen LogP contribution is -2.35. The number of hydrogen-bond acceptors (Lipinski definition) is 7. The van der Waals surface area contributed by atoms with Crippen LogP contribution >= 0.6 is 0 Å². The number of piperidine rings is 1. The molecule has 2 atom stereocenters.